The first kappa shape index (κ1) is 22.2. The number of nitrogens with zero attached hydrogens (tertiary/aromatic N) is 2. The molecule has 1 fully saturated rings. The van der Waals surface area contributed by atoms with Gasteiger partial charge in [0, 0.05) is 39.8 Å². The highest BCUT2D eigenvalue weighted by Gasteiger charge is 2.21. The van der Waals surface area contributed by atoms with E-state index in [-0.39, 0.29) is 29.9 Å². The van der Waals surface area contributed by atoms with Crippen LogP contribution in [0.1, 0.15) is 25.7 Å². The molecule has 8 heteroatoms. The Labute approximate surface area is 168 Å². The minimum absolute atomic E-state index is 0. The Morgan fingerprint density at radius 3 is 2.76 bits per heavy atom. The zero-order valence-corrected chi connectivity index (χ0v) is 17.7. The molecule has 0 saturated carbocycles. The summed E-state index contributed by atoms with van der Waals surface area (Å²) in [6.45, 7) is 4.85. The molecule has 25 heavy (non-hydrogen) atoms. The second kappa shape index (κ2) is 12.5. The normalized spacial score (nSPS) is 19.6. The Morgan fingerprint density at radius 2 is 2.16 bits per heavy atom. The lowest BCUT2D eigenvalue weighted by Gasteiger charge is -2.32. The van der Waals surface area contributed by atoms with Gasteiger partial charge in [-0.25, -0.2) is 0 Å². The number of hydrogen-bond acceptors (Lipinski definition) is 4. The molecule has 144 valence electrons. The molecule has 1 saturated heterocycles. The number of likely N-dealkylation sites (N-methyl/N-ethyl adjacent to an activating group) is 1. The number of guanidine groups is 1. The molecule has 0 aromatic carbocycles. The van der Waals surface area contributed by atoms with Gasteiger partial charge in [0.25, 0.3) is 0 Å². The van der Waals surface area contributed by atoms with Crippen LogP contribution in [0.5, 0.6) is 0 Å². The lowest BCUT2D eigenvalue weighted by Crippen LogP contribution is -2.50. The SMILES string of the molecule is CN=C(NCCC1=CCOCC1)NC1CCN(CC(=O)NC)CC1.I. The standard InChI is InChI=1S/C17H31N5O2.HI/c1-18-16(23)13-22-9-4-15(5-10-22)21-17(19-2)20-8-3-14-6-11-24-12-7-14;/h6,15H,3-5,7-13H2,1-2H3,(H,18,23)(H2,19,20,21);1H. The van der Waals surface area contributed by atoms with E-state index in [2.05, 4.69) is 31.9 Å². The monoisotopic (exact) mass is 465 g/mol. The number of likely N-dealkylation sites (tertiary alicyclic amines) is 1. The highest BCUT2D eigenvalue weighted by atomic mass is 127. The molecule has 2 rings (SSSR count). The Balaban J connectivity index is 0.00000312. The lowest BCUT2D eigenvalue weighted by molar-refractivity contribution is -0.122. The van der Waals surface area contributed by atoms with Crippen molar-refractivity contribution in [1.29, 1.82) is 0 Å². The van der Waals surface area contributed by atoms with Crippen molar-refractivity contribution in [2.45, 2.75) is 31.7 Å². The zero-order chi connectivity index (χ0) is 17.2. The van der Waals surface area contributed by atoms with Crippen molar-refractivity contribution < 1.29 is 9.53 Å². The van der Waals surface area contributed by atoms with Crippen molar-refractivity contribution in [3.05, 3.63) is 11.6 Å². The van der Waals surface area contributed by atoms with Gasteiger partial charge in [0.05, 0.1) is 19.8 Å². The number of rotatable bonds is 6. The second-order valence-corrected chi connectivity index (χ2v) is 6.30. The van der Waals surface area contributed by atoms with E-state index in [0.29, 0.717) is 12.6 Å². The molecule has 2 heterocycles. The number of carbonyl (C=O) groups excluding carboxylic acids is 1. The van der Waals surface area contributed by atoms with E-state index in [1.807, 2.05) is 7.05 Å². The smallest absolute Gasteiger partial charge is 0.233 e. The summed E-state index contributed by atoms with van der Waals surface area (Å²) >= 11 is 0. The van der Waals surface area contributed by atoms with Crippen molar-refractivity contribution >= 4 is 35.8 Å². The number of hydrogen-bond donors (Lipinski definition) is 3. The fourth-order valence-electron chi connectivity index (χ4n) is 3.04. The third kappa shape index (κ3) is 8.37. The number of halogens is 1. The van der Waals surface area contributed by atoms with Crippen LogP contribution in [0.2, 0.25) is 0 Å². The Morgan fingerprint density at radius 1 is 1.40 bits per heavy atom. The molecule has 0 bridgehead atoms. The quantitative estimate of drug-likeness (QED) is 0.233. The second-order valence-electron chi connectivity index (χ2n) is 6.30. The third-order valence-electron chi connectivity index (χ3n) is 4.59. The maximum absolute atomic E-state index is 11.4. The summed E-state index contributed by atoms with van der Waals surface area (Å²) in [5, 5.41) is 9.57. The first-order valence-corrected chi connectivity index (χ1v) is 8.87. The highest BCUT2D eigenvalue weighted by Crippen LogP contribution is 2.11. The van der Waals surface area contributed by atoms with Crippen LogP contribution in [0.4, 0.5) is 0 Å². The molecule has 1 amide bonds. The zero-order valence-electron chi connectivity index (χ0n) is 15.3. The topological polar surface area (TPSA) is 78.0 Å². The van der Waals surface area contributed by atoms with Crippen LogP contribution in [0.25, 0.3) is 0 Å². The first-order valence-electron chi connectivity index (χ1n) is 8.87. The number of carbonyl (C=O) groups is 1. The van der Waals surface area contributed by atoms with Crippen LogP contribution >= 0.6 is 24.0 Å². The summed E-state index contributed by atoms with van der Waals surface area (Å²) < 4.78 is 5.33. The van der Waals surface area contributed by atoms with Crippen LogP contribution in [0.3, 0.4) is 0 Å². The minimum atomic E-state index is 0. The van der Waals surface area contributed by atoms with Gasteiger partial charge in [-0.2, -0.15) is 0 Å². The minimum Gasteiger partial charge on any atom is -0.377 e. The maximum Gasteiger partial charge on any atom is 0.233 e. The number of nitrogens with one attached hydrogen (secondary N) is 3. The van der Waals surface area contributed by atoms with Crippen molar-refractivity contribution in [2.75, 3.05) is 53.5 Å². The molecule has 0 atom stereocenters. The van der Waals surface area contributed by atoms with Crippen molar-refractivity contribution in [2.24, 2.45) is 4.99 Å². The van der Waals surface area contributed by atoms with Crippen LogP contribution in [0, 0.1) is 0 Å². The predicted octanol–water partition coefficient (Wildman–Crippen LogP) is 0.717. The van der Waals surface area contributed by atoms with Gasteiger partial charge in [0.1, 0.15) is 0 Å². The number of piperidine rings is 1. The molecule has 7 nitrogen and oxygen atoms in total. The molecule has 0 unspecified atom stereocenters. The van der Waals surface area contributed by atoms with Crippen LogP contribution in [-0.2, 0) is 9.53 Å². The van der Waals surface area contributed by atoms with Crippen molar-refractivity contribution in [1.82, 2.24) is 20.9 Å². The average molecular weight is 465 g/mol. The Bertz CT molecular complexity index is 462. The van der Waals surface area contributed by atoms with Gasteiger partial charge >= 0.3 is 0 Å². The molecule has 2 aliphatic heterocycles. The Hall–Kier alpha value is -0.870. The van der Waals surface area contributed by atoms with Crippen molar-refractivity contribution in [3.63, 3.8) is 0 Å². The van der Waals surface area contributed by atoms with E-state index in [1.54, 1.807) is 7.05 Å². The summed E-state index contributed by atoms with van der Waals surface area (Å²) in [6, 6.07) is 0.416. The summed E-state index contributed by atoms with van der Waals surface area (Å²) in [5.41, 5.74) is 1.46. The van der Waals surface area contributed by atoms with Crippen LogP contribution in [0.15, 0.2) is 16.6 Å². The van der Waals surface area contributed by atoms with E-state index in [4.69, 9.17) is 4.74 Å². The van der Waals surface area contributed by atoms with Gasteiger partial charge in [0.2, 0.25) is 5.91 Å². The van der Waals surface area contributed by atoms with E-state index in [0.717, 1.165) is 64.5 Å². The van der Waals surface area contributed by atoms with Gasteiger partial charge < -0.3 is 20.7 Å². The summed E-state index contributed by atoms with van der Waals surface area (Å²) in [4.78, 5) is 17.9. The molecular weight excluding hydrogens is 433 g/mol. The summed E-state index contributed by atoms with van der Waals surface area (Å²) in [5.74, 6) is 0.953. The fraction of sp³-hybridized carbons (Fsp3) is 0.765. The summed E-state index contributed by atoms with van der Waals surface area (Å²) in [7, 11) is 3.49. The fourth-order valence-corrected chi connectivity index (χ4v) is 3.04. The summed E-state index contributed by atoms with van der Waals surface area (Å²) in [6.07, 6.45) is 6.32. The van der Waals surface area contributed by atoms with Crippen LogP contribution in [-0.4, -0.2) is 76.3 Å². The van der Waals surface area contributed by atoms with Gasteiger partial charge in [-0.1, -0.05) is 11.6 Å². The molecule has 0 aliphatic carbocycles. The molecular formula is C17H32IN5O2. The average Bonchev–Trinajstić information content (AvgIpc) is 2.63. The van der Waals surface area contributed by atoms with E-state index in [9.17, 15) is 4.79 Å². The molecule has 0 spiro atoms. The number of ether oxygens (including phenoxy) is 1. The Kier molecular flexibility index (Phi) is 11.1. The lowest BCUT2D eigenvalue weighted by atomic mass is 10.1. The first-order chi connectivity index (χ1) is 11.7. The number of aliphatic imine (C=N–C) groups is 1. The van der Waals surface area contributed by atoms with Gasteiger partial charge in [0.15, 0.2) is 5.96 Å². The van der Waals surface area contributed by atoms with Crippen molar-refractivity contribution in [3.8, 4) is 0 Å². The molecule has 0 radical (unpaired) electrons. The third-order valence-corrected chi connectivity index (χ3v) is 4.59. The number of amides is 1. The highest BCUT2D eigenvalue weighted by molar-refractivity contribution is 14.0. The van der Waals surface area contributed by atoms with E-state index < -0.39 is 0 Å². The van der Waals surface area contributed by atoms with Crippen LogP contribution < -0.4 is 16.0 Å². The molecule has 3 N–H and O–H groups in total. The van der Waals surface area contributed by atoms with E-state index in [1.165, 1.54) is 5.57 Å². The maximum atomic E-state index is 11.4. The molecule has 2 aliphatic rings. The van der Waals surface area contributed by atoms with Gasteiger partial charge in [-0.3, -0.25) is 14.7 Å². The van der Waals surface area contributed by atoms with Gasteiger partial charge in [-0.15, -0.1) is 24.0 Å². The van der Waals surface area contributed by atoms with E-state index >= 15 is 0 Å². The predicted molar refractivity (Wildman–Crippen MR) is 112 cm³/mol. The molecule has 0 aromatic rings. The molecule has 0 aromatic heterocycles. The largest absolute Gasteiger partial charge is 0.377 e. The van der Waals surface area contributed by atoms with Gasteiger partial charge in [-0.05, 0) is 25.7 Å².